The topological polar surface area (TPSA) is 88.1 Å². The first-order valence-electron chi connectivity index (χ1n) is 10.1. The van der Waals surface area contributed by atoms with Crippen molar-refractivity contribution in [2.24, 2.45) is 4.99 Å². The first kappa shape index (κ1) is 20.6. The van der Waals surface area contributed by atoms with E-state index < -0.39 is 10.0 Å². The van der Waals surface area contributed by atoms with Crippen LogP contribution in [0.5, 0.6) is 0 Å². The number of hydrogen-bond acceptors (Lipinski definition) is 5. The van der Waals surface area contributed by atoms with Gasteiger partial charge in [0.2, 0.25) is 5.91 Å². The van der Waals surface area contributed by atoms with Crippen LogP contribution in [0.25, 0.3) is 0 Å². The molecule has 0 aliphatic carbocycles. The van der Waals surface area contributed by atoms with Crippen LogP contribution in [0.3, 0.4) is 0 Å². The van der Waals surface area contributed by atoms with Crippen LogP contribution in [0, 0.1) is 0 Å². The molecule has 7 nitrogen and oxygen atoms in total. The molecule has 2 aliphatic rings. The maximum Gasteiger partial charge on any atom is 0.263 e. The van der Waals surface area contributed by atoms with E-state index in [0.29, 0.717) is 31.1 Å². The summed E-state index contributed by atoms with van der Waals surface area (Å²) in [7, 11) is -3.55. The predicted octanol–water partition coefficient (Wildman–Crippen LogP) is 2.32. The highest BCUT2D eigenvalue weighted by atomic mass is 32.2. The lowest BCUT2D eigenvalue weighted by Crippen LogP contribution is -2.41. The van der Waals surface area contributed by atoms with Crippen LogP contribution in [-0.2, 0) is 26.2 Å². The highest BCUT2D eigenvalue weighted by Gasteiger charge is 2.30. The van der Waals surface area contributed by atoms with Crippen molar-refractivity contribution in [3.8, 4) is 0 Å². The van der Waals surface area contributed by atoms with E-state index in [2.05, 4.69) is 9.71 Å². The summed E-state index contributed by atoms with van der Waals surface area (Å²) in [6.45, 7) is 2.18. The molecule has 2 heterocycles. The Hall–Kier alpha value is -2.71. The molecule has 0 radical (unpaired) electrons. The standard InChI is InChI=1S/C22H25N3O4S/c26-21(10-13-23-22-19-8-4-5-9-20(19)30(27,28)24-22)25-14-11-18(12-15-25)29-16-17-6-2-1-3-7-17/h1-9,18H,10-16H2,(H,23,24). The second-order valence-electron chi connectivity index (χ2n) is 7.46. The monoisotopic (exact) mass is 427 g/mol. The van der Waals surface area contributed by atoms with E-state index >= 15 is 0 Å². The molecule has 4 rings (SSSR count). The molecule has 1 fully saturated rings. The molecule has 2 aromatic rings. The number of carbonyl (C=O) groups is 1. The summed E-state index contributed by atoms with van der Waals surface area (Å²) in [6, 6.07) is 16.8. The van der Waals surface area contributed by atoms with Gasteiger partial charge in [-0.25, -0.2) is 8.42 Å². The highest BCUT2D eigenvalue weighted by molar-refractivity contribution is 7.90. The minimum Gasteiger partial charge on any atom is -0.373 e. The molecule has 1 amide bonds. The second kappa shape index (κ2) is 8.97. The number of rotatable bonds is 6. The van der Waals surface area contributed by atoms with Crippen LogP contribution in [-0.4, -0.2) is 50.8 Å². The molecule has 0 saturated carbocycles. The Morgan fingerprint density at radius 1 is 1.07 bits per heavy atom. The molecule has 0 unspecified atom stereocenters. The number of carbonyl (C=O) groups excluding carboxylic acids is 1. The number of fused-ring (bicyclic) bond motifs is 1. The second-order valence-corrected chi connectivity index (χ2v) is 9.11. The van der Waals surface area contributed by atoms with E-state index in [1.165, 1.54) is 0 Å². The predicted molar refractivity (Wildman–Crippen MR) is 114 cm³/mol. The summed E-state index contributed by atoms with van der Waals surface area (Å²) in [5.74, 6) is 0.349. The van der Waals surface area contributed by atoms with Crippen molar-refractivity contribution in [1.82, 2.24) is 9.62 Å². The quantitative estimate of drug-likeness (QED) is 0.766. The number of nitrogens with one attached hydrogen (secondary N) is 1. The van der Waals surface area contributed by atoms with Crippen LogP contribution in [0.4, 0.5) is 0 Å². The van der Waals surface area contributed by atoms with Crippen LogP contribution >= 0.6 is 0 Å². The number of piperidine rings is 1. The van der Waals surface area contributed by atoms with Crippen molar-refractivity contribution in [2.75, 3.05) is 19.6 Å². The summed E-state index contributed by atoms with van der Waals surface area (Å²) < 4.78 is 32.6. The number of aliphatic imine (C=N–C) groups is 1. The van der Waals surface area contributed by atoms with Gasteiger partial charge in [0.25, 0.3) is 10.0 Å². The molecular weight excluding hydrogens is 402 g/mol. The summed E-state index contributed by atoms with van der Waals surface area (Å²) in [4.78, 5) is 18.9. The minimum atomic E-state index is -3.55. The maximum absolute atomic E-state index is 12.5. The first-order valence-corrected chi connectivity index (χ1v) is 11.6. The zero-order chi connectivity index (χ0) is 21.0. The van der Waals surface area contributed by atoms with Gasteiger partial charge >= 0.3 is 0 Å². The molecule has 158 valence electrons. The maximum atomic E-state index is 12.5. The summed E-state index contributed by atoms with van der Waals surface area (Å²) >= 11 is 0. The molecule has 0 atom stereocenters. The van der Waals surface area contributed by atoms with Gasteiger partial charge in [-0.2, -0.15) is 0 Å². The fourth-order valence-electron chi connectivity index (χ4n) is 3.73. The molecule has 0 spiro atoms. The van der Waals surface area contributed by atoms with Crippen molar-refractivity contribution >= 4 is 21.8 Å². The van der Waals surface area contributed by atoms with Gasteiger partial charge in [-0.3, -0.25) is 14.5 Å². The lowest BCUT2D eigenvalue weighted by Gasteiger charge is -2.32. The Morgan fingerprint density at radius 2 is 1.77 bits per heavy atom. The third kappa shape index (κ3) is 4.71. The van der Waals surface area contributed by atoms with E-state index in [4.69, 9.17) is 4.74 Å². The number of amidine groups is 1. The van der Waals surface area contributed by atoms with E-state index in [1.807, 2.05) is 35.2 Å². The first-order chi connectivity index (χ1) is 14.5. The smallest absolute Gasteiger partial charge is 0.263 e. The van der Waals surface area contributed by atoms with Crippen LogP contribution in [0.15, 0.2) is 64.5 Å². The largest absolute Gasteiger partial charge is 0.373 e. The molecule has 8 heteroatoms. The van der Waals surface area contributed by atoms with Crippen molar-refractivity contribution in [3.05, 3.63) is 65.7 Å². The summed E-state index contributed by atoms with van der Waals surface area (Å²) in [5.41, 5.74) is 1.71. The molecule has 30 heavy (non-hydrogen) atoms. The van der Waals surface area contributed by atoms with E-state index in [0.717, 1.165) is 18.4 Å². The summed E-state index contributed by atoms with van der Waals surface area (Å²) in [5, 5.41) is 0. The number of hydrogen-bond donors (Lipinski definition) is 1. The van der Waals surface area contributed by atoms with Crippen LogP contribution < -0.4 is 4.72 Å². The number of benzene rings is 2. The number of ether oxygens (including phenoxy) is 1. The third-order valence-corrected chi connectivity index (χ3v) is 6.78. The fraction of sp³-hybridized carbons (Fsp3) is 0.364. The fourth-order valence-corrected chi connectivity index (χ4v) is 4.98. The third-order valence-electron chi connectivity index (χ3n) is 5.38. The SMILES string of the molecule is O=C(CCN=C1NS(=O)(=O)c2ccccc21)N1CCC(OCc2ccccc2)CC1. The molecule has 1 N–H and O–H groups in total. The Labute approximate surface area is 176 Å². The number of amides is 1. The molecule has 1 saturated heterocycles. The van der Waals surface area contributed by atoms with Crippen molar-refractivity contribution in [1.29, 1.82) is 0 Å². The average Bonchev–Trinajstić information content (AvgIpc) is 3.03. The van der Waals surface area contributed by atoms with Gasteiger partial charge in [-0.15, -0.1) is 0 Å². The van der Waals surface area contributed by atoms with Gasteiger partial charge in [0.1, 0.15) is 5.84 Å². The van der Waals surface area contributed by atoms with E-state index in [1.54, 1.807) is 24.3 Å². The Morgan fingerprint density at radius 3 is 2.53 bits per heavy atom. The zero-order valence-electron chi connectivity index (χ0n) is 16.7. The number of likely N-dealkylation sites (tertiary alicyclic amines) is 1. The average molecular weight is 428 g/mol. The zero-order valence-corrected chi connectivity index (χ0v) is 17.5. The number of sulfonamides is 1. The summed E-state index contributed by atoms with van der Waals surface area (Å²) in [6.07, 6.45) is 2.06. The Kier molecular flexibility index (Phi) is 6.15. The number of nitrogens with zero attached hydrogens (tertiary/aromatic N) is 2. The van der Waals surface area contributed by atoms with Crippen molar-refractivity contribution in [2.45, 2.75) is 36.9 Å². The minimum absolute atomic E-state index is 0.0370. The van der Waals surface area contributed by atoms with Gasteiger partial charge < -0.3 is 9.64 Å². The van der Waals surface area contributed by atoms with Crippen molar-refractivity contribution < 1.29 is 17.9 Å². The lowest BCUT2D eigenvalue weighted by atomic mass is 10.1. The van der Waals surface area contributed by atoms with Crippen molar-refractivity contribution in [3.63, 3.8) is 0 Å². The lowest BCUT2D eigenvalue weighted by molar-refractivity contribution is -0.133. The van der Waals surface area contributed by atoms with Gasteiger partial charge in [-0.1, -0.05) is 42.5 Å². The molecular formula is C22H25N3O4S. The Bertz CT molecular complexity index is 1030. The molecule has 0 bridgehead atoms. The normalized spacial score (nSPS) is 19.5. The van der Waals surface area contributed by atoms with Gasteiger partial charge in [0, 0.05) is 25.1 Å². The van der Waals surface area contributed by atoms with Crippen LogP contribution in [0.1, 0.15) is 30.4 Å². The van der Waals surface area contributed by atoms with Gasteiger partial charge in [0.05, 0.1) is 24.2 Å². The highest BCUT2D eigenvalue weighted by Crippen LogP contribution is 2.22. The Balaban J connectivity index is 1.24. The van der Waals surface area contributed by atoms with E-state index in [-0.39, 0.29) is 29.9 Å². The molecule has 2 aromatic carbocycles. The molecule has 0 aromatic heterocycles. The van der Waals surface area contributed by atoms with Gasteiger partial charge in [-0.05, 0) is 30.5 Å². The van der Waals surface area contributed by atoms with Gasteiger partial charge in [0.15, 0.2) is 0 Å². The van der Waals surface area contributed by atoms with E-state index in [9.17, 15) is 13.2 Å². The van der Waals surface area contributed by atoms with Crippen LogP contribution in [0.2, 0.25) is 0 Å². The molecule has 2 aliphatic heterocycles.